The lowest BCUT2D eigenvalue weighted by molar-refractivity contribution is -0.142. The van der Waals surface area contributed by atoms with Crippen LogP contribution in [0, 0.1) is 6.92 Å². The molecule has 0 aromatic carbocycles. The molecule has 1 heterocycles. The monoisotopic (exact) mass is 125 g/mol. The zero-order valence-corrected chi connectivity index (χ0v) is 5.03. The van der Waals surface area contributed by atoms with Gasteiger partial charge in [0.25, 0.3) is 5.88 Å². The van der Waals surface area contributed by atoms with Crippen LogP contribution in [0.1, 0.15) is 5.56 Å². The summed E-state index contributed by atoms with van der Waals surface area (Å²) in [5.74, 6) is 0.262. The molecule has 0 spiro atoms. The van der Waals surface area contributed by atoms with E-state index < -0.39 is 0 Å². The Balaban J connectivity index is 3.01. The van der Waals surface area contributed by atoms with Gasteiger partial charge in [-0.1, -0.05) is 6.07 Å². The first kappa shape index (κ1) is 6.04. The Morgan fingerprint density at radius 1 is 1.67 bits per heavy atom. The Morgan fingerprint density at radius 3 is 2.89 bits per heavy atom. The fourth-order valence-corrected chi connectivity index (χ4v) is 0.567. The van der Waals surface area contributed by atoms with Crippen LogP contribution in [0.25, 0.3) is 0 Å². The quantitative estimate of drug-likeness (QED) is 0.453. The molecule has 48 valence electrons. The predicted octanol–water partition coefficient (Wildman–Crippen LogP) is 1.24. The van der Waals surface area contributed by atoms with Crippen molar-refractivity contribution in [1.29, 1.82) is 0 Å². The van der Waals surface area contributed by atoms with E-state index in [1.165, 1.54) is 0 Å². The third-order valence-corrected chi connectivity index (χ3v) is 1.05. The molecule has 0 amide bonds. The minimum Gasteiger partial charge on any atom is -0.319 e. The third kappa shape index (κ3) is 1.17. The molecule has 0 aliphatic rings. The molecular weight excluding hydrogens is 118 g/mol. The molecule has 1 aromatic rings. The van der Waals surface area contributed by atoms with Crippen molar-refractivity contribution >= 4 is 0 Å². The summed E-state index contributed by atoms with van der Waals surface area (Å²) >= 11 is 0. The fraction of sp³-hybridized carbons (Fsp3) is 0.167. The largest absolute Gasteiger partial charge is 0.319 e. The predicted molar refractivity (Wildman–Crippen MR) is 32.2 cm³/mol. The summed E-state index contributed by atoms with van der Waals surface area (Å²) in [5, 5.41) is 8.16. The van der Waals surface area contributed by atoms with E-state index in [1.807, 2.05) is 0 Å². The number of rotatable bonds is 1. The number of pyridine rings is 1. The summed E-state index contributed by atoms with van der Waals surface area (Å²) in [6.07, 6.45) is 1.55. The average molecular weight is 125 g/mol. The molecule has 1 aromatic heterocycles. The Bertz CT molecular complexity index is 200. The molecular formula is C6H7NO2. The van der Waals surface area contributed by atoms with Crippen molar-refractivity contribution in [1.82, 2.24) is 4.98 Å². The Hall–Kier alpha value is -1.09. The van der Waals surface area contributed by atoms with Gasteiger partial charge in [-0.15, -0.1) is 0 Å². The van der Waals surface area contributed by atoms with E-state index in [4.69, 9.17) is 5.26 Å². The van der Waals surface area contributed by atoms with Gasteiger partial charge >= 0.3 is 0 Å². The van der Waals surface area contributed by atoms with Crippen LogP contribution in [0.5, 0.6) is 5.88 Å². The standard InChI is InChI=1S/C6H7NO2/c1-5-3-2-4-7-6(5)9-8/h2-4,8H,1H3. The molecule has 0 saturated heterocycles. The minimum atomic E-state index is 0.262. The lowest BCUT2D eigenvalue weighted by Crippen LogP contribution is -1.89. The van der Waals surface area contributed by atoms with Gasteiger partial charge < -0.3 is 4.89 Å². The van der Waals surface area contributed by atoms with Crippen molar-refractivity contribution in [2.45, 2.75) is 6.92 Å². The summed E-state index contributed by atoms with van der Waals surface area (Å²) in [4.78, 5) is 7.66. The van der Waals surface area contributed by atoms with Crippen LogP contribution in [0.3, 0.4) is 0 Å². The van der Waals surface area contributed by atoms with E-state index in [-0.39, 0.29) is 5.88 Å². The Morgan fingerprint density at radius 2 is 2.44 bits per heavy atom. The Labute approximate surface area is 52.9 Å². The van der Waals surface area contributed by atoms with E-state index >= 15 is 0 Å². The zero-order chi connectivity index (χ0) is 6.69. The normalized spacial score (nSPS) is 9.11. The third-order valence-electron chi connectivity index (χ3n) is 1.05. The van der Waals surface area contributed by atoms with E-state index in [0.717, 1.165) is 5.56 Å². The van der Waals surface area contributed by atoms with Crippen molar-refractivity contribution in [2.75, 3.05) is 0 Å². The highest BCUT2D eigenvalue weighted by atomic mass is 17.1. The molecule has 0 saturated carbocycles. The summed E-state index contributed by atoms with van der Waals surface area (Å²) in [6, 6.07) is 3.58. The van der Waals surface area contributed by atoms with Gasteiger partial charge in [-0.05, 0) is 13.0 Å². The van der Waals surface area contributed by atoms with Gasteiger partial charge in [0.1, 0.15) is 0 Å². The van der Waals surface area contributed by atoms with Gasteiger partial charge in [-0.2, -0.15) is 0 Å². The van der Waals surface area contributed by atoms with Gasteiger partial charge in [-0.25, -0.2) is 10.2 Å². The highest BCUT2D eigenvalue weighted by molar-refractivity contribution is 5.22. The number of nitrogens with zero attached hydrogens (tertiary/aromatic N) is 1. The highest BCUT2D eigenvalue weighted by Crippen LogP contribution is 2.09. The van der Waals surface area contributed by atoms with Crippen LogP contribution in [-0.2, 0) is 0 Å². The van der Waals surface area contributed by atoms with Crippen molar-refractivity contribution in [3.63, 3.8) is 0 Å². The second-order valence-electron chi connectivity index (χ2n) is 1.72. The van der Waals surface area contributed by atoms with Crippen LogP contribution in [0.2, 0.25) is 0 Å². The molecule has 9 heavy (non-hydrogen) atoms. The van der Waals surface area contributed by atoms with Crippen LogP contribution in [0.15, 0.2) is 18.3 Å². The lowest BCUT2D eigenvalue weighted by Gasteiger charge is -1.96. The summed E-state index contributed by atoms with van der Waals surface area (Å²) in [7, 11) is 0. The highest BCUT2D eigenvalue weighted by Gasteiger charge is 1.95. The van der Waals surface area contributed by atoms with E-state index in [2.05, 4.69) is 9.87 Å². The van der Waals surface area contributed by atoms with Gasteiger partial charge in [-0.3, -0.25) is 0 Å². The van der Waals surface area contributed by atoms with Gasteiger partial charge in [0.15, 0.2) is 0 Å². The first-order chi connectivity index (χ1) is 4.34. The van der Waals surface area contributed by atoms with Crippen molar-refractivity contribution in [2.24, 2.45) is 0 Å². The van der Waals surface area contributed by atoms with Crippen molar-refractivity contribution < 1.29 is 10.1 Å². The van der Waals surface area contributed by atoms with Crippen LogP contribution in [0.4, 0.5) is 0 Å². The maximum absolute atomic E-state index is 8.16. The smallest absolute Gasteiger partial charge is 0.258 e. The molecule has 0 aliphatic heterocycles. The fourth-order valence-electron chi connectivity index (χ4n) is 0.567. The molecule has 0 aliphatic carbocycles. The molecule has 0 fully saturated rings. The molecule has 1 rings (SSSR count). The van der Waals surface area contributed by atoms with Gasteiger partial charge in [0.2, 0.25) is 0 Å². The maximum Gasteiger partial charge on any atom is 0.258 e. The molecule has 1 N–H and O–H groups in total. The zero-order valence-electron chi connectivity index (χ0n) is 5.03. The Kier molecular flexibility index (Phi) is 1.65. The SMILES string of the molecule is Cc1cccnc1OO. The van der Waals surface area contributed by atoms with Crippen molar-refractivity contribution in [3.8, 4) is 5.88 Å². The second kappa shape index (κ2) is 2.46. The number of hydrogen-bond acceptors (Lipinski definition) is 3. The van der Waals surface area contributed by atoms with E-state index in [9.17, 15) is 0 Å². The van der Waals surface area contributed by atoms with Gasteiger partial charge in [0, 0.05) is 11.8 Å². The van der Waals surface area contributed by atoms with E-state index in [1.54, 1.807) is 25.3 Å². The molecule has 0 atom stereocenters. The summed E-state index contributed by atoms with van der Waals surface area (Å²) in [5.41, 5.74) is 0.819. The summed E-state index contributed by atoms with van der Waals surface area (Å²) in [6.45, 7) is 1.80. The topological polar surface area (TPSA) is 42.4 Å². The maximum atomic E-state index is 8.16. The van der Waals surface area contributed by atoms with Crippen LogP contribution < -0.4 is 4.89 Å². The molecule has 3 nitrogen and oxygen atoms in total. The second-order valence-corrected chi connectivity index (χ2v) is 1.72. The lowest BCUT2D eigenvalue weighted by atomic mass is 10.3. The van der Waals surface area contributed by atoms with Crippen LogP contribution in [-0.4, -0.2) is 10.2 Å². The number of aryl methyl sites for hydroxylation is 1. The number of hydrogen-bond donors (Lipinski definition) is 1. The number of aromatic nitrogens is 1. The summed E-state index contributed by atoms with van der Waals surface area (Å²) < 4.78 is 0. The average Bonchev–Trinajstić information content (AvgIpc) is 1.89. The molecule has 3 heteroatoms. The molecule has 0 radical (unpaired) electrons. The molecule has 0 unspecified atom stereocenters. The van der Waals surface area contributed by atoms with Gasteiger partial charge in [0.05, 0.1) is 0 Å². The van der Waals surface area contributed by atoms with Crippen LogP contribution >= 0.6 is 0 Å². The first-order valence-electron chi connectivity index (χ1n) is 2.57. The van der Waals surface area contributed by atoms with Crippen molar-refractivity contribution in [3.05, 3.63) is 23.9 Å². The minimum absolute atomic E-state index is 0.262. The molecule has 0 bridgehead atoms. The van der Waals surface area contributed by atoms with E-state index in [0.29, 0.717) is 0 Å². The first-order valence-corrected chi connectivity index (χ1v) is 2.57.